The highest BCUT2D eigenvalue weighted by Gasteiger charge is 2.34. The average molecular weight is 354 g/mol. The van der Waals surface area contributed by atoms with E-state index in [0.29, 0.717) is 25.1 Å². The minimum Gasteiger partial charge on any atom is -0.361 e. The number of amides is 2. The standard InChI is InChI=1S/C18H18N4O2S/c23-17(20-9-14-10-25-11-21-14)16-2-1-7-22(16)18(24)13-3-4-15-12(8-13)5-6-19-15/h3-6,8,10-11,16,19H,1-2,7,9H2,(H,20,23). The summed E-state index contributed by atoms with van der Waals surface area (Å²) in [5, 5.41) is 5.80. The van der Waals surface area contributed by atoms with E-state index in [1.54, 1.807) is 10.4 Å². The third kappa shape index (κ3) is 3.15. The molecule has 0 aliphatic carbocycles. The first-order valence-corrected chi connectivity index (χ1v) is 9.19. The Kier molecular flexibility index (Phi) is 4.23. The number of hydrogen-bond donors (Lipinski definition) is 2. The van der Waals surface area contributed by atoms with E-state index in [0.717, 1.165) is 23.0 Å². The van der Waals surface area contributed by atoms with Crippen LogP contribution in [-0.4, -0.2) is 39.3 Å². The Balaban J connectivity index is 1.48. The first kappa shape index (κ1) is 15.8. The minimum atomic E-state index is -0.409. The van der Waals surface area contributed by atoms with Crippen molar-refractivity contribution in [2.24, 2.45) is 0 Å². The monoisotopic (exact) mass is 354 g/mol. The van der Waals surface area contributed by atoms with Crippen LogP contribution in [0, 0.1) is 0 Å². The lowest BCUT2D eigenvalue weighted by molar-refractivity contribution is -0.125. The second-order valence-electron chi connectivity index (χ2n) is 6.13. The summed E-state index contributed by atoms with van der Waals surface area (Å²) in [6.45, 7) is 1.01. The fourth-order valence-corrected chi connectivity index (χ4v) is 3.81. The van der Waals surface area contributed by atoms with Crippen molar-refractivity contribution in [3.63, 3.8) is 0 Å². The van der Waals surface area contributed by atoms with Crippen LogP contribution in [0.5, 0.6) is 0 Å². The van der Waals surface area contributed by atoms with E-state index >= 15 is 0 Å². The van der Waals surface area contributed by atoms with Crippen molar-refractivity contribution >= 4 is 34.1 Å². The maximum atomic E-state index is 12.9. The smallest absolute Gasteiger partial charge is 0.254 e. The zero-order valence-corrected chi connectivity index (χ0v) is 14.4. The van der Waals surface area contributed by atoms with Crippen LogP contribution in [0.15, 0.2) is 41.4 Å². The van der Waals surface area contributed by atoms with Gasteiger partial charge in [-0.2, -0.15) is 0 Å². The lowest BCUT2D eigenvalue weighted by Crippen LogP contribution is -2.45. The summed E-state index contributed by atoms with van der Waals surface area (Å²) in [5.74, 6) is -0.198. The zero-order valence-electron chi connectivity index (χ0n) is 13.6. The van der Waals surface area contributed by atoms with Crippen LogP contribution in [0.25, 0.3) is 10.9 Å². The molecule has 25 heavy (non-hydrogen) atoms. The highest BCUT2D eigenvalue weighted by Crippen LogP contribution is 2.22. The van der Waals surface area contributed by atoms with Gasteiger partial charge in [0.15, 0.2) is 0 Å². The highest BCUT2D eigenvalue weighted by molar-refractivity contribution is 7.07. The summed E-state index contributed by atoms with van der Waals surface area (Å²) in [4.78, 5) is 34.4. The molecule has 2 amide bonds. The molecule has 1 atom stereocenters. The Labute approximate surface area is 148 Å². The molecule has 1 unspecified atom stereocenters. The highest BCUT2D eigenvalue weighted by atomic mass is 32.1. The van der Waals surface area contributed by atoms with Crippen molar-refractivity contribution in [3.05, 3.63) is 52.6 Å². The van der Waals surface area contributed by atoms with Gasteiger partial charge in [0, 0.05) is 34.6 Å². The second-order valence-corrected chi connectivity index (χ2v) is 6.85. The predicted molar refractivity (Wildman–Crippen MR) is 96.3 cm³/mol. The van der Waals surface area contributed by atoms with Gasteiger partial charge in [-0.05, 0) is 37.1 Å². The van der Waals surface area contributed by atoms with Gasteiger partial charge in [0.25, 0.3) is 5.91 Å². The molecular weight excluding hydrogens is 336 g/mol. The van der Waals surface area contributed by atoms with Crippen molar-refractivity contribution in [2.75, 3.05) is 6.54 Å². The third-order valence-corrected chi connectivity index (χ3v) is 5.18. The molecule has 0 radical (unpaired) electrons. The van der Waals surface area contributed by atoms with E-state index in [9.17, 15) is 9.59 Å². The molecule has 0 saturated carbocycles. The van der Waals surface area contributed by atoms with E-state index in [4.69, 9.17) is 0 Å². The van der Waals surface area contributed by atoms with E-state index in [-0.39, 0.29) is 11.8 Å². The number of thiazole rings is 1. The van der Waals surface area contributed by atoms with E-state index < -0.39 is 6.04 Å². The summed E-state index contributed by atoms with van der Waals surface area (Å²) in [5.41, 5.74) is 4.19. The zero-order chi connectivity index (χ0) is 17.2. The normalized spacial score (nSPS) is 17.1. The molecule has 0 bridgehead atoms. The molecule has 128 valence electrons. The number of rotatable bonds is 4. The molecule has 0 spiro atoms. The number of hydrogen-bond acceptors (Lipinski definition) is 4. The first-order valence-electron chi connectivity index (χ1n) is 8.25. The van der Waals surface area contributed by atoms with Crippen LogP contribution in [0.3, 0.4) is 0 Å². The number of nitrogens with one attached hydrogen (secondary N) is 2. The lowest BCUT2D eigenvalue weighted by Gasteiger charge is -2.24. The molecule has 4 rings (SSSR count). The topological polar surface area (TPSA) is 78.1 Å². The van der Waals surface area contributed by atoms with Crippen LogP contribution in [-0.2, 0) is 11.3 Å². The first-order chi connectivity index (χ1) is 12.2. The van der Waals surface area contributed by atoms with Crippen LogP contribution < -0.4 is 5.32 Å². The van der Waals surface area contributed by atoms with Gasteiger partial charge < -0.3 is 15.2 Å². The second kappa shape index (κ2) is 6.68. The van der Waals surface area contributed by atoms with Gasteiger partial charge >= 0.3 is 0 Å². The Morgan fingerprint density at radius 3 is 3.12 bits per heavy atom. The number of carbonyl (C=O) groups is 2. The number of aromatic nitrogens is 2. The van der Waals surface area contributed by atoms with Gasteiger partial charge in [0.2, 0.25) is 5.91 Å². The van der Waals surface area contributed by atoms with E-state index in [1.165, 1.54) is 11.3 Å². The Morgan fingerprint density at radius 2 is 2.28 bits per heavy atom. The summed E-state index contributed by atoms with van der Waals surface area (Å²) in [7, 11) is 0. The molecule has 2 aromatic heterocycles. The minimum absolute atomic E-state index is 0.0885. The molecule has 1 aliphatic heterocycles. The number of aromatic amines is 1. The summed E-state index contributed by atoms with van der Waals surface area (Å²) in [6, 6.07) is 7.11. The fourth-order valence-electron chi connectivity index (χ4n) is 3.25. The predicted octanol–water partition coefficient (Wildman–Crippen LogP) is 2.55. The molecule has 3 aromatic rings. The number of nitrogens with zero attached hydrogens (tertiary/aromatic N) is 2. The molecule has 3 heterocycles. The molecule has 1 fully saturated rings. The largest absolute Gasteiger partial charge is 0.361 e. The van der Waals surface area contributed by atoms with Gasteiger partial charge in [-0.3, -0.25) is 9.59 Å². The van der Waals surface area contributed by atoms with Crippen molar-refractivity contribution in [2.45, 2.75) is 25.4 Å². The molecule has 7 heteroatoms. The molecular formula is C18H18N4O2S. The Morgan fingerprint density at radius 1 is 1.36 bits per heavy atom. The summed E-state index contributed by atoms with van der Waals surface area (Å²) >= 11 is 1.50. The van der Waals surface area contributed by atoms with Gasteiger partial charge in [-0.25, -0.2) is 4.98 Å². The molecule has 1 aromatic carbocycles. The summed E-state index contributed by atoms with van der Waals surface area (Å²) in [6.07, 6.45) is 3.39. The van der Waals surface area contributed by atoms with Gasteiger partial charge in [-0.1, -0.05) is 0 Å². The summed E-state index contributed by atoms with van der Waals surface area (Å²) < 4.78 is 0. The Bertz CT molecular complexity index is 903. The maximum Gasteiger partial charge on any atom is 0.254 e. The van der Waals surface area contributed by atoms with E-state index in [1.807, 2.05) is 35.8 Å². The maximum absolute atomic E-state index is 12.9. The van der Waals surface area contributed by atoms with Crippen LogP contribution in [0.4, 0.5) is 0 Å². The van der Waals surface area contributed by atoms with Gasteiger partial charge in [-0.15, -0.1) is 11.3 Å². The number of carbonyl (C=O) groups excluding carboxylic acids is 2. The van der Waals surface area contributed by atoms with Crippen molar-refractivity contribution in [1.82, 2.24) is 20.2 Å². The lowest BCUT2D eigenvalue weighted by atomic mass is 10.1. The van der Waals surface area contributed by atoms with Gasteiger partial charge in [0.1, 0.15) is 6.04 Å². The fraction of sp³-hybridized carbons (Fsp3) is 0.278. The average Bonchev–Trinajstić information content (AvgIpc) is 3.39. The molecule has 6 nitrogen and oxygen atoms in total. The van der Waals surface area contributed by atoms with Crippen molar-refractivity contribution in [3.8, 4) is 0 Å². The molecule has 1 saturated heterocycles. The molecule has 2 N–H and O–H groups in total. The van der Waals surface area contributed by atoms with Crippen LogP contribution in [0.1, 0.15) is 28.9 Å². The number of benzene rings is 1. The van der Waals surface area contributed by atoms with Crippen molar-refractivity contribution in [1.29, 1.82) is 0 Å². The SMILES string of the molecule is O=C(NCc1cscn1)C1CCCN1C(=O)c1ccc2[nH]ccc2c1. The third-order valence-electron chi connectivity index (χ3n) is 4.54. The number of likely N-dealkylation sites (tertiary alicyclic amines) is 1. The molecule has 1 aliphatic rings. The van der Waals surface area contributed by atoms with Gasteiger partial charge in [0.05, 0.1) is 17.7 Å². The van der Waals surface area contributed by atoms with Crippen molar-refractivity contribution < 1.29 is 9.59 Å². The van der Waals surface area contributed by atoms with Crippen LogP contribution >= 0.6 is 11.3 Å². The quantitative estimate of drug-likeness (QED) is 0.756. The number of H-pyrrole nitrogens is 1. The van der Waals surface area contributed by atoms with Crippen LogP contribution in [0.2, 0.25) is 0 Å². The van der Waals surface area contributed by atoms with E-state index in [2.05, 4.69) is 15.3 Å². The number of fused-ring (bicyclic) bond motifs is 1. The Hall–Kier alpha value is -2.67.